The summed E-state index contributed by atoms with van der Waals surface area (Å²) in [6.07, 6.45) is 0. The molecule has 25 heavy (non-hydrogen) atoms. The van der Waals surface area contributed by atoms with Crippen LogP contribution in [0, 0.1) is 0 Å². The Kier molecular flexibility index (Phi) is 5.63. The number of benzene rings is 2. The number of hydrogen-bond donors (Lipinski definition) is 0. The number of nitrogens with zero attached hydrogens (tertiary/aromatic N) is 3. The first kappa shape index (κ1) is 17.4. The van der Waals surface area contributed by atoms with Crippen LogP contribution in [0.15, 0.2) is 64.5 Å². The summed E-state index contributed by atoms with van der Waals surface area (Å²) >= 11 is 7.23. The molecule has 5 nitrogen and oxygen atoms in total. The summed E-state index contributed by atoms with van der Waals surface area (Å²) in [5.74, 6) is -0.0938. The molecule has 1 heterocycles. The van der Waals surface area contributed by atoms with E-state index in [0.29, 0.717) is 15.9 Å². The van der Waals surface area contributed by atoms with Gasteiger partial charge in [0.25, 0.3) is 0 Å². The number of hydrogen-bond acceptors (Lipinski definition) is 6. The zero-order valence-electron chi connectivity index (χ0n) is 13.3. The van der Waals surface area contributed by atoms with Crippen LogP contribution in [0.3, 0.4) is 0 Å². The minimum absolute atomic E-state index is 0.0986. The average molecular weight is 372 g/mol. The van der Waals surface area contributed by atoms with Crippen LogP contribution in [0.25, 0.3) is 11.4 Å². The highest BCUT2D eigenvalue weighted by Gasteiger charge is 2.19. The van der Waals surface area contributed by atoms with E-state index < -0.39 is 5.97 Å². The second kappa shape index (κ2) is 8.09. The Morgan fingerprint density at radius 2 is 1.80 bits per heavy atom. The fourth-order valence-electron chi connectivity index (χ4n) is 2.03. The number of halogens is 1. The van der Waals surface area contributed by atoms with Crippen LogP contribution in [0.4, 0.5) is 0 Å². The van der Waals surface area contributed by atoms with Crippen molar-refractivity contribution in [2.45, 2.75) is 16.8 Å². The summed E-state index contributed by atoms with van der Waals surface area (Å²) in [6, 6.07) is 16.7. The largest absolute Gasteiger partial charge is 0.461 e. The van der Waals surface area contributed by atoms with Crippen LogP contribution < -0.4 is 0 Å². The van der Waals surface area contributed by atoms with Gasteiger partial charge in [0.1, 0.15) is 5.03 Å². The SMILES string of the molecule is CCOC(=O)c1nnc(-c2ccccc2)nc1Sc1ccc(Cl)cc1. The quantitative estimate of drug-likeness (QED) is 0.614. The molecule has 7 heteroatoms. The van der Waals surface area contributed by atoms with Crippen molar-refractivity contribution >= 4 is 29.3 Å². The van der Waals surface area contributed by atoms with E-state index in [4.69, 9.17) is 16.3 Å². The normalized spacial score (nSPS) is 10.5. The number of rotatable bonds is 5. The van der Waals surface area contributed by atoms with Gasteiger partial charge in [-0.25, -0.2) is 9.78 Å². The first-order chi connectivity index (χ1) is 12.2. The molecule has 0 radical (unpaired) electrons. The van der Waals surface area contributed by atoms with E-state index in [0.717, 1.165) is 10.5 Å². The molecule has 0 N–H and O–H groups in total. The fourth-order valence-corrected chi connectivity index (χ4v) is 3.01. The van der Waals surface area contributed by atoms with Gasteiger partial charge in [0.15, 0.2) is 5.82 Å². The third kappa shape index (κ3) is 4.35. The molecule has 0 atom stereocenters. The van der Waals surface area contributed by atoms with Crippen molar-refractivity contribution in [1.82, 2.24) is 15.2 Å². The molecule has 2 aromatic carbocycles. The Bertz CT molecular complexity index is 873. The van der Waals surface area contributed by atoms with Gasteiger partial charge in [-0.1, -0.05) is 53.7 Å². The third-order valence-corrected chi connectivity index (χ3v) is 4.42. The molecule has 1 aromatic heterocycles. The van der Waals surface area contributed by atoms with E-state index in [-0.39, 0.29) is 12.3 Å². The molecule has 0 spiro atoms. The molecule has 126 valence electrons. The lowest BCUT2D eigenvalue weighted by molar-refractivity contribution is 0.0512. The number of aromatic nitrogens is 3. The summed E-state index contributed by atoms with van der Waals surface area (Å²) in [5, 5.41) is 9.20. The molecule has 0 fully saturated rings. The Balaban J connectivity index is 2.01. The summed E-state index contributed by atoms with van der Waals surface area (Å²) < 4.78 is 5.06. The zero-order chi connectivity index (χ0) is 17.6. The van der Waals surface area contributed by atoms with Gasteiger partial charge in [0.2, 0.25) is 5.69 Å². The van der Waals surface area contributed by atoms with Crippen LogP contribution in [0.5, 0.6) is 0 Å². The van der Waals surface area contributed by atoms with E-state index >= 15 is 0 Å². The van der Waals surface area contributed by atoms with Crippen molar-refractivity contribution in [3.63, 3.8) is 0 Å². The summed E-state index contributed by atoms with van der Waals surface area (Å²) in [7, 11) is 0. The molecular formula is C18H14ClN3O2S. The molecule has 3 rings (SSSR count). The van der Waals surface area contributed by atoms with E-state index in [1.165, 1.54) is 11.8 Å². The molecule has 0 aliphatic rings. The van der Waals surface area contributed by atoms with Crippen LogP contribution in [-0.4, -0.2) is 27.8 Å². The van der Waals surface area contributed by atoms with Gasteiger partial charge in [-0.05, 0) is 31.2 Å². The minimum Gasteiger partial charge on any atom is -0.461 e. The van der Waals surface area contributed by atoms with Gasteiger partial charge in [-0.3, -0.25) is 0 Å². The predicted molar refractivity (Wildman–Crippen MR) is 96.8 cm³/mol. The lowest BCUT2D eigenvalue weighted by atomic mass is 10.2. The third-order valence-electron chi connectivity index (χ3n) is 3.18. The van der Waals surface area contributed by atoms with Gasteiger partial charge in [-0.2, -0.15) is 0 Å². The maximum Gasteiger partial charge on any atom is 0.361 e. The standard InChI is InChI=1S/C18H14ClN3O2S/c1-2-24-18(23)15-17(25-14-10-8-13(19)9-11-14)20-16(22-21-15)12-6-4-3-5-7-12/h3-11H,2H2,1H3. The Morgan fingerprint density at radius 3 is 2.48 bits per heavy atom. The summed E-state index contributed by atoms with van der Waals surface area (Å²) in [5.41, 5.74) is 0.921. The van der Waals surface area contributed by atoms with Gasteiger partial charge in [0, 0.05) is 15.5 Å². The molecular weight excluding hydrogens is 358 g/mol. The monoisotopic (exact) mass is 371 g/mol. The maximum atomic E-state index is 12.2. The van der Waals surface area contributed by atoms with E-state index in [9.17, 15) is 4.79 Å². The van der Waals surface area contributed by atoms with Crippen molar-refractivity contribution in [3.05, 3.63) is 65.3 Å². The van der Waals surface area contributed by atoms with Crippen molar-refractivity contribution in [2.75, 3.05) is 6.61 Å². The molecule has 0 unspecified atom stereocenters. The molecule has 0 aliphatic carbocycles. The van der Waals surface area contributed by atoms with Crippen LogP contribution in [0.2, 0.25) is 5.02 Å². The fraction of sp³-hybridized carbons (Fsp3) is 0.111. The second-order valence-electron chi connectivity index (χ2n) is 4.93. The molecule has 0 saturated heterocycles. The number of esters is 1. The second-order valence-corrected chi connectivity index (χ2v) is 6.43. The highest BCUT2D eigenvalue weighted by Crippen LogP contribution is 2.30. The molecule has 0 bridgehead atoms. The smallest absolute Gasteiger partial charge is 0.361 e. The molecule has 0 saturated carbocycles. The lowest BCUT2D eigenvalue weighted by Gasteiger charge is -2.08. The van der Waals surface area contributed by atoms with Crippen molar-refractivity contribution in [3.8, 4) is 11.4 Å². The number of carbonyl (C=O) groups excluding carboxylic acids is 1. The number of ether oxygens (including phenoxy) is 1. The minimum atomic E-state index is -0.543. The van der Waals surface area contributed by atoms with E-state index in [1.54, 1.807) is 19.1 Å². The maximum absolute atomic E-state index is 12.2. The zero-order valence-corrected chi connectivity index (χ0v) is 14.9. The molecule has 3 aromatic rings. The first-order valence-corrected chi connectivity index (χ1v) is 8.77. The average Bonchev–Trinajstić information content (AvgIpc) is 2.64. The number of carbonyl (C=O) groups is 1. The van der Waals surface area contributed by atoms with Gasteiger partial charge < -0.3 is 4.74 Å². The molecule has 0 aliphatic heterocycles. The van der Waals surface area contributed by atoms with Crippen LogP contribution in [-0.2, 0) is 4.74 Å². The highest BCUT2D eigenvalue weighted by molar-refractivity contribution is 7.99. The van der Waals surface area contributed by atoms with Crippen molar-refractivity contribution < 1.29 is 9.53 Å². The topological polar surface area (TPSA) is 65.0 Å². The van der Waals surface area contributed by atoms with E-state index in [1.807, 2.05) is 42.5 Å². The van der Waals surface area contributed by atoms with Gasteiger partial charge in [0.05, 0.1) is 6.61 Å². The predicted octanol–water partition coefficient (Wildman–Crippen LogP) is 4.52. The van der Waals surface area contributed by atoms with Crippen LogP contribution in [0.1, 0.15) is 17.4 Å². The Hall–Kier alpha value is -2.44. The summed E-state index contributed by atoms with van der Waals surface area (Å²) in [6.45, 7) is 2.00. The van der Waals surface area contributed by atoms with Crippen LogP contribution >= 0.6 is 23.4 Å². The van der Waals surface area contributed by atoms with E-state index in [2.05, 4.69) is 15.2 Å². The summed E-state index contributed by atoms with van der Waals surface area (Å²) in [4.78, 5) is 17.6. The van der Waals surface area contributed by atoms with Crippen molar-refractivity contribution in [1.29, 1.82) is 0 Å². The van der Waals surface area contributed by atoms with Gasteiger partial charge >= 0.3 is 5.97 Å². The van der Waals surface area contributed by atoms with Gasteiger partial charge in [-0.15, -0.1) is 10.2 Å². The highest BCUT2D eigenvalue weighted by atomic mass is 35.5. The lowest BCUT2D eigenvalue weighted by Crippen LogP contribution is -2.12. The van der Waals surface area contributed by atoms with Crippen molar-refractivity contribution in [2.24, 2.45) is 0 Å². The Morgan fingerprint density at radius 1 is 1.08 bits per heavy atom. The molecule has 0 amide bonds. The first-order valence-electron chi connectivity index (χ1n) is 7.58. The Labute approximate surface area is 154 Å².